The van der Waals surface area contributed by atoms with Crippen LogP contribution < -0.4 is 15.5 Å². The molecule has 1 amide bonds. The van der Waals surface area contributed by atoms with Crippen molar-refractivity contribution in [1.82, 2.24) is 10.6 Å². The zero-order valence-electron chi connectivity index (χ0n) is 17.4. The van der Waals surface area contributed by atoms with Gasteiger partial charge in [0.1, 0.15) is 0 Å². The van der Waals surface area contributed by atoms with Crippen molar-refractivity contribution in [1.29, 1.82) is 0 Å². The van der Waals surface area contributed by atoms with Crippen LogP contribution in [0, 0.1) is 33.8 Å². The summed E-state index contributed by atoms with van der Waals surface area (Å²) in [5, 5.41) is 17.8. The minimum absolute atomic E-state index is 0.109. The first-order valence-corrected chi connectivity index (χ1v) is 11.6. The Morgan fingerprint density at radius 1 is 1.10 bits per heavy atom. The van der Waals surface area contributed by atoms with Crippen molar-refractivity contribution in [2.24, 2.45) is 23.7 Å². The molecule has 4 saturated carbocycles. The van der Waals surface area contributed by atoms with E-state index in [1.165, 1.54) is 44.2 Å². The molecule has 1 aromatic carbocycles. The number of nitrogens with one attached hydrogen (secondary N) is 2. The van der Waals surface area contributed by atoms with Crippen LogP contribution in [-0.2, 0) is 4.74 Å². The van der Waals surface area contributed by atoms with E-state index in [0.29, 0.717) is 55.0 Å². The molecule has 1 aromatic rings. The molecule has 0 spiro atoms. The maximum Gasteiger partial charge on any atom is 0.270 e. The Bertz CT molecular complexity index is 873. The third-order valence-corrected chi connectivity index (χ3v) is 7.76. The fourth-order valence-electron chi connectivity index (χ4n) is 6.42. The lowest BCUT2D eigenvalue weighted by Crippen LogP contribution is -2.57. The molecule has 5 aliphatic rings. The number of anilines is 1. The Balaban J connectivity index is 1.30. The predicted octanol–water partition coefficient (Wildman–Crippen LogP) is 2.86. The molecule has 1 heterocycles. The van der Waals surface area contributed by atoms with E-state index in [-0.39, 0.29) is 11.3 Å². The number of carbonyl (C=O) groups is 1. The topological polar surface area (TPSA) is 96.7 Å². The van der Waals surface area contributed by atoms with Crippen LogP contribution in [0.4, 0.5) is 11.4 Å². The normalized spacial score (nSPS) is 31.4. The molecule has 9 heteroatoms. The summed E-state index contributed by atoms with van der Waals surface area (Å²) in [6.45, 7) is 2.39. The molecular formula is C22H28N4O4S. The number of hydrogen-bond donors (Lipinski definition) is 2. The van der Waals surface area contributed by atoms with Gasteiger partial charge < -0.3 is 15.0 Å². The zero-order valence-corrected chi connectivity index (χ0v) is 18.2. The number of nitrogens with zero attached hydrogens (tertiary/aromatic N) is 2. The van der Waals surface area contributed by atoms with E-state index >= 15 is 0 Å². The molecule has 5 fully saturated rings. The summed E-state index contributed by atoms with van der Waals surface area (Å²) in [4.78, 5) is 26.0. The molecule has 6 rings (SSSR count). The van der Waals surface area contributed by atoms with Gasteiger partial charge in [0.15, 0.2) is 5.11 Å². The summed E-state index contributed by atoms with van der Waals surface area (Å²) < 4.78 is 5.40. The van der Waals surface area contributed by atoms with E-state index < -0.39 is 10.8 Å². The molecule has 8 nitrogen and oxygen atoms in total. The van der Waals surface area contributed by atoms with Crippen molar-refractivity contribution < 1.29 is 14.5 Å². The lowest BCUT2D eigenvalue weighted by molar-refractivity contribution is -0.384. The van der Waals surface area contributed by atoms with E-state index in [1.54, 1.807) is 6.07 Å². The predicted molar refractivity (Wildman–Crippen MR) is 120 cm³/mol. The van der Waals surface area contributed by atoms with E-state index in [1.807, 2.05) is 4.90 Å². The van der Waals surface area contributed by atoms with E-state index in [4.69, 9.17) is 17.0 Å². The molecule has 1 saturated heterocycles. The summed E-state index contributed by atoms with van der Waals surface area (Å²) in [6.07, 6.45) is 6.42. The van der Waals surface area contributed by atoms with Gasteiger partial charge in [-0.3, -0.25) is 20.2 Å². The van der Waals surface area contributed by atoms with Gasteiger partial charge in [-0.1, -0.05) is 0 Å². The van der Waals surface area contributed by atoms with E-state index in [9.17, 15) is 14.9 Å². The molecule has 0 atom stereocenters. The average Bonchev–Trinajstić information content (AvgIpc) is 2.76. The van der Waals surface area contributed by atoms with Crippen molar-refractivity contribution >= 4 is 34.6 Å². The van der Waals surface area contributed by atoms with Crippen molar-refractivity contribution in [3.8, 4) is 0 Å². The number of morpholine rings is 1. The molecule has 4 aliphatic carbocycles. The highest BCUT2D eigenvalue weighted by molar-refractivity contribution is 7.80. The van der Waals surface area contributed by atoms with Gasteiger partial charge in [0.2, 0.25) is 0 Å². The number of rotatable bonds is 4. The second kappa shape index (κ2) is 8.35. The summed E-state index contributed by atoms with van der Waals surface area (Å²) >= 11 is 5.50. The number of amides is 1. The largest absolute Gasteiger partial charge is 0.378 e. The van der Waals surface area contributed by atoms with Crippen LogP contribution in [-0.4, -0.2) is 48.3 Å². The van der Waals surface area contributed by atoms with Gasteiger partial charge in [-0.15, -0.1) is 0 Å². The molecule has 2 N–H and O–H groups in total. The standard InChI is InChI=1S/C22H28N4O4S/c27-21(18-12-17(26(28)29)1-2-19(18)25-3-5-30-6-4-25)24-22(31)23-20-15-8-13-7-14(10-15)11-16(20)9-13/h1-2,12-16,20H,3-11H2,(H2,23,24,27,31). The third-order valence-electron chi connectivity index (χ3n) is 7.54. The molecule has 1 aliphatic heterocycles. The van der Waals surface area contributed by atoms with Crippen LogP contribution in [0.5, 0.6) is 0 Å². The second-order valence-corrected chi connectivity index (χ2v) is 9.85. The molecular weight excluding hydrogens is 416 g/mol. The van der Waals surface area contributed by atoms with Crippen molar-refractivity contribution in [2.45, 2.75) is 38.1 Å². The highest BCUT2D eigenvalue weighted by atomic mass is 32.1. The Labute approximate surface area is 186 Å². The first-order valence-electron chi connectivity index (χ1n) is 11.2. The SMILES string of the molecule is O=C(NC(=S)NC1C2CC3CC(C2)CC1C3)c1cc([N+](=O)[O-])ccc1N1CCOCC1. The minimum Gasteiger partial charge on any atom is -0.378 e. The number of non-ortho nitro benzene ring substituents is 1. The number of nitro benzene ring substituents is 1. The van der Waals surface area contributed by atoms with Gasteiger partial charge in [-0.25, -0.2) is 0 Å². The Hall–Kier alpha value is -2.26. The molecule has 166 valence electrons. The van der Waals surface area contributed by atoms with Gasteiger partial charge in [0.05, 0.1) is 29.4 Å². The molecule has 31 heavy (non-hydrogen) atoms. The van der Waals surface area contributed by atoms with Crippen LogP contribution >= 0.6 is 12.2 Å². The van der Waals surface area contributed by atoms with Crippen LogP contribution in [0.15, 0.2) is 18.2 Å². The van der Waals surface area contributed by atoms with Crippen LogP contribution in [0.3, 0.4) is 0 Å². The summed E-state index contributed by atoms with van der Waals surface area (Å²) in [5.74, 6) is 2.58. The molecule has 0 radical (unpaired) electrons. The average molecular weight is 445 g/mol. The first kappa shape index (κ1) is 20.6. The number of ether oxygens (including phenoxy) is 1. The highest BCUT2D eigenvalue weighted by Gasteiger charge is 2.48. The molecule has 4 bridgehead atoms. The fraction of sp³-hybridized carbons (Fsp3) is 0.636. The number of thiocarbonyl (C=S) groups is 1. The number of benzene rings is 1. The summed E-state index contributed by atoms with van der Waals surface area (Å²) in [5.41, 5.74) is 0.830. The Kier molecular flexibility index (Phi) is 5.56. The highest BCUT2D eigenvalue weighted by Crippen LogP contribution is 2.53. The Morgan fingerprint density at radius 2 is 1.74 bits per heavy atom. The van der Waals surface area contributed by atoms with Crippen LogP contribution in [0.2, 0.25) is 0 Å². The van der Waals surface area contributed by atoms with Gasteiger partial charge >= 0.3 is 0 Å². The van der Waals surface area contributed by atoms with Gasteiger partial charge in [-0.05, 0) is 74.1 Å². The Morgan fingerprint density at radius 3 is 2.35 bits per heavy atom. The number of carbonyl (C=O) groups excluding carboxylic acids is 1. The summed E-state index contributed by atoms with van der Waals surface area (Å²) in [7, 11) is 0. The van der Waals surface area contributed by atoms with Crippen LogP contribution in [0.25, 0.3) is 0 Å². The monoisotopic (exact) mass is 444 g/mol. The van der Waals surface area contributed by atoms with Gasteiger partial charge in [0, 0.05) is 31.3 Å². The van der Waals surface area contributed by atoms with Crippen LogP contribution in [0.1, 0.15) is 42.5 Å². The maximum atomic E-state index is 13.1. The third kappa shape index (κ3) is 4.13. The molecule has 0 aromatic heterocycles. The van der Waals surface area contributed by atoms with Gasteiger partial charge in [0.25, 0.3) is 11.6 Å². The first-order chi connectivity index (χ1) is 15.0. The van der Waals surface area contributed by atoms with Gasteiger partial charge in [-0.2, -0.15) is 0 Å². The quantitative estimate of drug-likeness (QED) is 0.419. The molecule has 0 unspecified atom stereocenters. The van der Waals surface area contributed by atoms with Crippen molar-refractivity contribution in [3.05, 3.63) is 33.9 Å². The lowest BCUT2D eigenvalue weighted by Gasteiger charge is -2.54. The fourth-order valence-corrected chi connectivity index (χ4v) is 6.65. The lowest BCUT2D eigenvalue weighted by atomic mass is 9.54. The zero-order chi connectivity index (χ0) is 21.5. The summed E-state index contributed by atoms with van der Waals surface area (Å²) in [6, 6.07) is 4.75. The van der Waals surface area contributed by atoms with Crippen molar-refractivity contribution in [3.63, 3.8) is 0 Å². The van der Waals surface area contributed by atoms with E-state index in [2.05, 4.69) is 10.6 Å². The number of hydrogen-bond acceptors (Lipinski definition) is 6. The minimum atomic E-state index is -0.481. The smallest absolute Gasteiger partial charge is 0.270 e. The van der Waals surface area contributed by atoms with Crippen molar-refractivity contribution in [2.75, 3.05) is 31.2 Å². The second-order valence-electron chi connectivity index (χ2n) is 9.44. The maximum absolute atomic E-state index is 13.1. The number of nitro groups is 1. The van der Waals surface area contributed by atoms with E-state index in [0.717, 1.165) is 11.8 Å².